The molecule has 0 aliphatic heterocycles. The lowest BCUT2D eigenvalue weighted by Gasteiger charge is -2.24. The Balaban J connectivity index is 3.86. The second kappa shape index (κ2) is 8.72. The van der Waals surface area contributed by atoms with Crippen LogP contribution in [0.5, 0.6) is 0 Å². The van der Waals surface area contributed by atoms with Crippen LogP contribution in [0.1, 0.15) is 52.9 Å². The molecule has 0 rings (SSSR count). The van der Waals surface area contributed by atoms with Gasteiger partial charge in [0.05, 0.1) is 0 Å². The first-order valence-corrected chi connectivity index (χ1v) is 6.67. The number of unbranched alkanes of at least 4 members (excludes halogenated alkanes) is 4. The summed E-state index contributed by atoms with van der Waals surface area (Å²) < 4.78 is 0. The predicted molar refractivity (Wildman–Crippen MR) is 74.2 cm³/mol. The minimum absolute atomic E-state index is 0.159. The number of nitrogens with one attached hydrogen (secondary N) is 2. The van der Waals surface area contributed by atoms with E-state index in [0.29, 0.717) is 6.54 Å². The van der Waals surface area contributed by atoms with Crippen molar-refractivity contribution in [3.8, 4) is 0 Å². The third kappa shape index (κ3) is 7.09. The Kier molecular flexibility index (Phi) is 8.08. The normalized spacial score (nSPS) is 10.8. The smallest absolute Gasteiger partial charge is 0.245 e. The first-order valence-electron chi connectivity index (χ1n) is 6.67. The van der Waals surface area contributed by atoms with Crippen LogP contribution in [0.25, 0.3) is 0 Å². The molecule has 0 bridgehead atoms. The summed E-state index contributed by atoms with van der Waals surface area (Å²) >= 11 is 0. The lowest BCUT2D eigenvalue weighted by Crippen LogP contribution is -2.54. The van der Waals surface area contributed by atoms with Crippen LogP contribution in [-0.2, 0) is 9.59 Å². The Morgan fingerprint density at radius 1 is 1.17 bits per heavy atom. The van der Waals surface area contributed by atoms with Gasteiger partial charge in [0.15, 0.2) is 0 Å². The van der Waals surface area contributed by atoms with Gasteiger partial charge in [0.2, 0.25) is 11.8 Å². The highest BCUT2D eigenvalue weighted by molar-refractivity contribution is 5.94. The molecule has 0 saturated heterocycles. The summed E-state index contributed by atoms with van der Waals surface area (Å²) in [6.45, 7) is 9.56. The van der Waals surface area contributed by atoms with Crippen molar-refractivity contribution in [2.45, 2.75) is 58.4 Å². The van der Waals surface area contributed by atoms with E-state index in [2.05, 4.69) is 24.1 Å². The molecule has 0 aromatic heterocycles. The van der Waals surface area contributed by atoms with E-state index in [4.69, 9.17) is 0 Å². The molecule has 4 nitrogen and oxygen atoms in total. The van der Waals surface area contributed by atoms with Gasteiger partial charge in [-0.3, -0.25) is 9.59 Å². The molecule has 2 N–H and O–H groups in total. The maximum Gasteiger partial charge on any atom is 0.245 e. The zero-order valence-corrected chi connectivity index (χ0v) is 11.8. The first kappa shape index (κ1) is 16.7. The van der Waals surface area contributed by atoms with Crippen LogP contribution in [0.15, 0.2) is 12.7 Å². The Hall–Kier alpha value is -1.32. The van der Waals surface area contributed by atoms with Crippen LogP contribution in [0.4, 0.5) is 0 Å². The minimum atomic E-state index is -0.894. The summed E-state index contributed by atoms with van der Waals surface area (Å²) in [5, 5.41) is 5.44. The summed E-state index contributed by atoms with van der Waals surface area (Å²) in [4.78, 5) is 23.0. The molecule has 0 aliphatic carbocycles. The van der Waals surface area contributed by atoms with Crippen LogP contribution in [0.2, 0.25) is 0 Å². The van der Waals surface area contributed by atoms with Crippen molar-refractivity contribution in [2.24, 2.45) is 0 Å². The second-order valence-electron chi connectivity index (χ2n) is 4.99. The van der Waals surface area contributed by atoms with Crippen molar-refractivity contribution < 1.29 is 9.59 Å². The van der Waals surface area contributed by atoms with E-state index in [0.717, 1.165) is 12.8 Å². The highest BCUT2D eigenvalue weighted by Crippen LogP contribution is 2.04. The Labute approximate surface area is 110 Å². The van der Waals surface area contributed by atoms with Gasteiger partial charge in [0.1, 0.15) is 5.54 Å². The van der Waals surface area contributed by atoms with Crippen LogP contribution < -0.4 is 10.6 Å². The van der Waals surface area contributed by atoms with Gasteiger partial charge in [-0.05, 0) is 26.3 Å². The molecule has 0 fully saturated rings. The van der Waals surface area contributed by atoms with Crippen molar-refractivity contribution in [1.82, 2.24) is 10.6 Å². The molecule has 0 atom stereocenters. The van der Waals surface area contributed by atoms with Crippen LogP contribution in [0.3, 0.4) is 0 Å². The Morgan fingerprint density at radius 2 is 1.78 bits per heavy atom. The zero-order valence-electron chi connectivity index (χ0n) is 11.8. The average molecular weight is 254 g/mol. The van der Waals surface area contributed by atoms with E-state index < -0.39 is 5.54 Å². The average Bonchev–Trinajstić information content (AvgIpc) is 2.32. The van der Waals surface area contributed by atoms with E-state index >= 15 is 0 Å². The third-order valence-corrected chi connectivity index (χ3v) is 2.75. The van der Waals surface area contributed by atoms with E-state index in [1.165, 1.54) is 25.3 Å². The van der Waals surface area contributed by atoms with Crippen molar-refractivity contribution in [2.75, 3.05) is 6.54 Å². The molecule has 0 unspecified atom stereocenters. The molecular weight excluding hydrogens is 228 g/mol. The van der Waals surface area contributed by atoms with Gasteiger partial charge in [0.25, 0.3) is 0 Å². The highest BCUT2D eigenvalue weighted by Gasteiger charge is 2.27. The number of hydrogen-bond acceptors (Lipinski definition) is 2. The van der Waals surface area contributed by atoms with Crippen molar-refractivity contribution in [3.05, 3.63) is 12.7 Å². The molecule has 0 spiro atoms. The molecule has 18 heavy (non-hydrogen) atoms. The molecule has 0 radical (unpaired) electrons. The van der Waals surface area contributed by atoms with Gasteiger partial charge in [-0.2, -0.15) is 0 Å². The molecule has 2 amide bonds. The number of amides is 2. The van der Waals surface area contributed by atoms with Gasteiger partial charge in [0, 0.05) is 6.54 Å². The molecule has 0 aliphatic rings. The number of rotatable bonds is 9. The predicted octanol–water partition coefficient (Wildman–Crippen LogP) is 2.15. The van der Waals surface area contributed by atoms with E-state index in [9.17, 15) is 9.59 Å². The van der Waals surface area contributed by atoms with Gasteiger partial charge in [-0.1, -0.05) is 39.2 Å². The monoisotopic (exact) mass is 254 g/mol. The van der Waals surface area contributed by atoms with Crippen molar-refractivity contribution in [3.63, 3.8) is 0 Å². The van der Waals surface area contributed by atoms with Gasteiger partial charge >= 0.3 is 0 Å². The molecule has 4 heteroatoms. The summed E-state index contributed by atoms with van der Waals surface area (Å²) in [7, 11) is 0. The maximum absolute atomic E-state index is 11.8. The van der Waals surface area contributed by atoms with Crippen LogP contribution in [0, 0.1) is 0 Å². The van der Waals surface area contributed by atoms with E-state index in [-0.39, 0.29) is 11.8 Å². The fraction of sp³-hybridized carbons (Fsp3) is 0.714. The molecule has 0 heterocycles. The topological polar surface area (TPSA) is 58.2 Å². The van der Waals surface area contributed by atoms with E-state index in [1.807, 2.05) is 0 Å². The summed E-state index contributed by atoms with van der Waals surface area (Å²) in [6.07, 6.45) is 6.95. The Morgan fingerprint density at radius 3 is 2.33 bits per heavy atom. The molecule has 0 aromatic rings. The SMILES string of the molecule is C=CC(=O)NC(C)(C)C(=O)NCCCCCCC. The summed E-state index contributed by atoms with van der Waals surface area (Å²) in [6, 6.07) is 0. The molecule has 104 valence electrons. The van der Waals surface area contributed by atoms with Gasteiger partial charge < -0.3 is 10.6 Å². The zero-order chi connectivity index (χ0) is 14.0. The van der Waals surface area contributed by atoms with Gasteiger partial charge in [-0.25, -0.2) is 0 Å². The van der Waals surface area contributed by atoms with Crippen LogP contribution in [-0.4, -0.2) is 23.9 Å². The number of hydrogen-bond donors (Lipinski definition) is 2. The lowest BCUT2D eigenvalue weighted by atomic mass is 10.0. The fourth-order valence-corrected chi connectivity index (χ4v) is 1.57. The van der Waals surface area contributed by atoms with Crippen LogP contribution >= 0.6 is 0 Å². The highest BCUT2D eigenvalue weighted by atomic mass is 16.2. The minimum Gasteiger partial charge on any atom is -0.354 e. The van der Waals surface area contributed by atoms with Crippen molar-refractivity contribution >= 4 is 11.8 Å². The fourth-order valence-electron chi connectivity index (χ4n) is 1.57. The second-order valence-corrected chi connectivity index (χ2v) is 4.99. The van der Waals surface area contributed by atoms with Crippen molar-refractivity contribution in [1.29, 1.82) is 0 Å². The Bertz CT molecular complexity index is 286. The first-order chi connectivity index (χ1) is 8.44. The standard InChI is InChI=1S/C14H26N2O2/c1-5-7-8-9-10-11-15-13(18)14(3,4)16-12(17)6-2/h6H,2,5,7-11H2,1,3-4H3,(H,15,18)(H,16,17). The summed E-state index contributed by atoms with van der Waals surface area (Å²) in [5.41, 5.74) is -0.894. The molecule has 0 saturated carbocycles. The number of carbonyl (C=O) groups is 2. The molecule has 0 aromatic carbocycles. The quantitative estimate of drug-likeness (QED) is 0.489. The lowest BCUT2D eigenvalue weighted by molar-refractivity contribution is -0.130. The summed E-state index contributed by atoms with van der Waals surface area (Å²) in [5.74, 6) is -0.494. The third-order valence-electron chi connectivity index (χ3n) is 2.75. The molecular formula is C14H26N2O2. The van der Waals surface area contributed by atoms with Gasteiger partial charge in [-0.15, -0.1) is 0 Å². The van der Waals surface area contributed by atoms with E-state index in [1.54, 1.807) is 13.8 Å². The number of carbonyl (C=O) groups excluding carboxylic acids is 2. The largest absolute Gasteiger partial charge is 0.354 e. The maximum atomic E-state index is 11.8.